The Morgan fingerprint density at radius 1 is 1.23 bits per heavy atom. The van der Waals surface area contributed by atoms with Crippen molar-refractivity contribution < 1.29 is 0 Å². The summed E-state index contributed by atoms with van der Waals surface area (Å²) >= 11 is 6.31. The van der Waals surface area contributed by atoms with Crippen molar-refractivity contribution in [3.05, 3.63) is 0 Å². The van der Waals surface area contributed by atoms with E-state index in [0.29, 0.717) is 0 Å². The molecule has 0 heterocycles. The van der Waals surface area contributed by atoms with E-state index in [1.165, 1.54) is 30.9 Å². The van der Waals surface area contributed by atoms with E-state index in [2.05, 4.69) is 50.3 Å². The standard InChI is InChI=1S/C10H23NS2/c1-10(4-7-12)5-8-13-9-6-11(2)3/h10,12H,4-9H2,1-3H3. The van der Waals surface area contributed by atoms with Gasteiger partial charge in [-0.25, -0.2) is 0 Å². The van der Waals surface area contributed by atoms with Gasteiger partial charge in [0.25, 0.3) is 0 Å². The van der Waals surface area contributed by atoms with Crippen LogP contribution in [0.15, 0.2) is 0 Å². The van der Waals surface area contributed by atoms with Crippen molar-refractivity contribution in [2.24, 2.45) is 5.92 Å². The predicted molar refractivity (Wildman–Crippen MR) is 68.1 cm³/mol. The molecule has 0 spiro atoms. The van der Waals surface area contributed by atoms with Gasteiger partial charge in [0.2, 0.25) is 0 Å². The largest absolute Gasteiger partial charge is 0.309 e. The molecule has 13 heavy (non-hydrogen) atoms. The van der Waals surface area contributed by atoms with Crippen LogP contribution in [0.3, 0.4) is 0 Å². The Labute approximate surface area is 93.1 Å². The minimum atomic E-state index is 0.851. The minimum absolute atomic E-state index is 0.851. The molecule has 0 rings (SSSR count). The Bertz CT molecular complexity index is 107. The van der Waals surface area contributed by atoms with Gasteiger partial charge in [0, 0.05) is 12.3 Å². The molecule has 0 fully saturated rings. The lowest BCUT2D eigenvalue weighted by molar-refractivity contribution is 0.437. The van der Waals surface area contributed by atoms with Crippen molar-refractivity contribution in [3.8, 4) is 0 Å². The maximum absolute atomic E-state index is 4.24. The van der Waals surface area contributed by atoms with Crippen LogP contribution in [0.1, 0.15) is 19.8 Å². The van der Waals surface area contributed by atoms with E-state index >= 15 is 0 Å². The van der Waals surface area contributed by atoms with Crippen molar-refractivity contribution in [2.45, 2.75) is 19.8 Å². The maximum Gasteiger partial charge on any atom is 0.00662 e. The van der Waals surface area contributed by atoms with Gasteiger partial charge in [0.15, 0.2) is 0 Å². The summed E-state index contributed by atoms with van der Waals surface area (Å²) in [6.45, 7) is 3.52. The first-order valence-corrected chi connectivity index (χ1v) is 6.79. The molecular weight excluding hydrogens is 198 g/mol. The molecule has 0 bridgehead atoms. The first-order valence-electron chi connectivity index (χ1n) is 5.00. The Balaban J connectivity index is 3.06. The Hall–Kier alpha value is 0.660. The number of thioether (sulfide) groups is 1. The Morgan fingerprint density at radius 3 is 2.46 bits per heavy atom. The van der Waals surface area contributed by atoms with Gasteiger partial charge in [-0.1, -0.05) is 6.92 Å². The molecule has 1 nitrogen and oxygen atoms in total. The lowest BCUT2D eigenvalue weighted by Gasteiger charge is -2.11. The molecule has 80 valence electrons. The molecule has 0 aliphatic carbocycles. The lowest BCUT2D eigenvalue weighted by atomic mass is 10.1. The van der Waals surface area contributed by atoms with E-state index < -0.39 is 0 Å². The number of hydrogen-bond donors (Lipinski definition) is 1. The van der Waals surface area contributed by atoms with Crippen molar-refractivity contribution in [3.63, 3.8) is 0 Å². The summed E-state index contributed by atoms with van der Waals surface area (Å²) < 4.78 is 0. The Kier molecular flexibility index (Phi) is 9.69. The summed E-state index contributed by atoms with van der Waals surface area (Å²) in [6.07, 6.45) is 2.61. The number of rotatable bonds is 8. The number of hydrogen-bond acceptors (Lipinski definition) is 3. The van der Waals surface area contributed by atoms with Crippen LogP contribution in [-0.4, -0.2) is 42.8 Å². The fraction of sp³-hybridized carbons (Fsp3) is 1.00. The highest BCUT2D eigenvalue weighted by atomic mass is 32.2. The molecule has 0 aromatic heterocycles. The SMILES string of the molecule is CC(CCS)CCSCCN(C)C. The van der Waals surface area contributed by atoms with E-state index in [-0.39, 0.29) is 0 Å². The van der Waals surface area contributed by atoms with Gasteiger partial charge in [-0.2, -0.15) is 24.4 Å². The minimum Gasteiger partial charge on any atom is -0.309 e. The Morgan fingerprint density at radius 2 is 1.92 bits per heavy atom. The molecule has 0 aromatic carbocycles. The van der Waals surface area contributed by atoms with Gasteiger partial charge in [-0.3, -0.25) is 0 Å². The monoisotopic (exact) mass is 221 g/mol. The van der Waals surface area contributed by atoms with Gasteiger partial charge in [0.05, 0.1) is 0 Å². The van der Waals surface area contributed by atoms with Crippen molar-refractivity contribution in [1.82, 2.24) is 4.90 Å². The molecule has 0 aliphatic heterocycles. The van der Waals surface area contributed by atoms with E-state index in [9.17, 15) is 0 Å². The highest BCUT2D eigenvalue weighted by Crippen LogP contribution is 2.12. The summed E-state index contributed by atoms with van der Waals surface area (Å²) in [5.41, 5.74) is 0. The third-order valence-electron chi connectivity index (χ3n) is 2.06. The lowest BCUT2D eigenvalue weighted by Crippen LogP contribution is -2.15. The van der Waals surface area contributed by atoms with Crippen molar-refractivity contribution in [1.29, 1.82) is 0 Å². The average Bonchev–Trinajstić information content (AvgIpc) is 2.03. The van der Waals surface area contributed by atoms with E-state index in [4.69, 9.17) is 0 Å². The van der Waals surface area contributed by atoms with E-state index in [0.717, 1.165) is 11.7 Å². The quantitative estimate of drug-likeness (QED) is 0.496. The van der Waals surface area contributed by atoms with Crippen LogP contribution >= 0.6 is 24.4 Å². The van der Waals surface area contributed by atoms with E-state index in [1.807, 2.05) is 0 Å². The normalized spacial score (nSPS) is 13.6. The number of thiol groups is 1. The highest BCUT2D eigenvalue weighted by Gasteiger charge is 2.00. The fourth-order valence-corrected chi connectivity index (χ4v) is 2.71. The molecule has 0 amide bonds. The summed E-state index contributed by atoms with van der Waals surface area (Å²) in [5.74, 6) is 4.46. The van der Waals surface area contributed by atoms with Crippen LogP contribution < -0.4 is 0 Å². The van der Waals surface area contributed by atoms with Crippen LogP contribution in [0.25, 0.3) is 0 Å². The van der Waals surface area contributed by atoms with Crippen LogP contribution in [0.2, 0.25) is 0 Å². The van der Waals surface area contributed by atoms with Gasteiger partial charge < -0.3 is 4.90 Å². The molecule has 1 unspecified atom stereocenters. The molecule has 0 saturated carbocycles. The molecule has 0 aliphatic rings. The molecule has 1 atom stereocenters. The maximum atomic E-state index is 4.24. The topological polar surface area (TPSA) is 3.24 Å². The molecule has 3 heteroatoms. The third kappa shape index (κ3) is 10.6. The average molecular weight is 221 g/mol. The number of nitrogens with zero attached hydrogens (tertiary/aromatic N) is 1. The summed E-state index contributed by atoms with van der Waals surface area (Å²) in [4.78, 5) is 2.24. The van der Waals surface area contributed by atoms with Gasteiger partial charge in [0.1, 0.15) is 0 Å². The van der Waals surface area contributed by atoms with Crippen molar-refractivity contribution in [2.75, 3.05) is 37.9 Å². The van der Waals surface area contributed by atoms with Crippen LogP contribution in [0.4, 0.5) is 0 Å². The van der Waals surface area contributed by atoms with Crippen LogP contribution in [-0.2, 0) is 0 Å². The van der Waals surface area contributed by atoms with Crippen LogP contribution in [0, 0.1) is 5.92 Å². The molecule has 0 radical (unpaired) electrons. The second-order valence-electron chi connectivity index (χ2n) is 3.82. The predicted octanol–water partition coefficient (Wildman–Crippen LogP) is 2.63. The fourth-order valence-electron chi connectivity index (χ4n) is 0.998. The first kappa shape index (κ1) is 13.7. The third-order valence-corrected chi connectivity index (χ3v) is 3.31. The second kappa shape index (κ2) is 9.22. The molecule has 0 aromatic rings. The highest BCUT2D eigenvalue weighted by molar-refractivity contribution is 7.99. The van der Waals surface area contributed by atoms with Crippen LogP contribution in [0.5, 0.6) is 0 Å². The van der Waals surface area contributed by atoms with Gasteiger partial charge in [-0.15, -0.1) is 0 Å². The first-order chi connectivity index (χ1) is 6.16. The zero-order chi connectivity index (χ0) is 10.1. The summed E-state index contributed by atoms with van der Waals surface area (Å²) in [5, 5.41) is 0. The smallest absolute Gasteiger partial charge is 0.00662 e. The van der Waals surface area contributed by atoms with Crippen molar-refractivity contribution >= 4 is 24.4 Å². The zero-order valence-electron chi connectivity index (χ0n) is 9.12. The summed E-state index contributed by atoms with van der Waals surface area (Å²) in [7, 11) is 4.26. The molecule has 0 saturated heterocycles. The second-order valence-corrected chi connectivity index (χ2v) is 5.49. The molecular formula is C10H23NS2. The van der Waals surface area contributed by atoms with Gasteiger partial charge >= 0.3 is 0 Å². The molecule has 0 N–H and O–H groups in total. The van der Waals surface area contributed by atoms with Gasteiger partial charge in [-0.05, 0) is 44.4 Å². The van der Waals surface area contributed by atoms with E-state index in [1.54, 1.807) is 0 Å². The zero-order valence-corrected chi connectivity index (χ0v) is 10.8. The summed E-state index contributed by atoms with van der Waals surface area (Å²) in [6, 6.07) is 0.